The summed E-state index contributed by atoms with van der Waals surface area (Å²) in [6.07, 6.45) is 1.90. The van der Waals surface area contributed by atoms with E-state index in [9.17, 15) is 13.2 Å². The highest BCUT2D eigenvalue weighted by Gasteiger charge is 2.31. The second-order valence-electron chi connectivity index (χ2n) is 2.95. The summed E-state index contributed by atoms with van der Waals surface area (Å²) < 4.78 is 36.6. The largest absolute Gasteiger partial charge is 0.412 e. The first kappa shape index (κ1) is 13.0. The Morgan fingerprint density at radius 3 is 2.07 bits per heavy atom. The first-order valence-corrected chi connectivity index (χ1v) is 4.43. The van der Waals surface area contributed by atoms with Gasteiger partial charge in [-0.1, -0.05) is 29.9 Å². The zero-order chi connectivity index (χ0) is 11.2. The molecule has 0 nitrogen and oxygen atoms in total. The monoisotopic (exact) mass is 204 g/mol. The van der Waals surface area contributed by atoms with Gasteiger partial charge in [0, 0.05) is 5.57 Å². The van der Waals surface area contributed by atoms with Gasteiger partial charge in [-0.15, -0.1) is 0 Å². The summed E-state index contributed by atoms with van der Waals surface area (Å²) in [6.45, 7) is 5.10. The number of halogens is 3. The molecule has 0 aromatic carbocycles. The molecule has 0 rings (SSSR count). The predicted molar refractivity (Wildman–Crippen MR) is 53.0 cm³/mol. The molecule has 14 heavy (non-hydrogen) atoms. The molecule has 0 atom stereocenters. The summed E-state index contributed by atoms with van der Waals surface area (Å²) in [5.41, 5.74) is 0.459. The third-order valence-electron chi connectivity index (χ3n) is 1.89. The van der Waals surface area contributed by atoms with Crippen molar-refractivity contribution in [3.05, 3.63) is 35.5 Å². The van der Waals surface area contributed by atoms with Gasteiger partial charge < -0.3 is 0 Å². The summed E-state index contributed by atoms with van der Waals surface area (Å²) in [6, 6.07) is 0. The van der Waals surface area contributed by atoms with Crippen molar-refractivity contribution in [3.8, 4) is 0 Å². The molecule has 0 saturated carbocycles. The van der Waals surface area contributed by atoms with Crippen LogP contribution in [0.15, 0.2) is 35.5 Å². The zero-order valence-electron chi connectivity index (χ0n) is 8.65. The van der Waals surface area contributed by atoms with Crippen LogP contribution in [0.3, 0.4) is 0 Å². The summed E-state index contributed by atoms with van der Waals surface area (Å²) in [4.78, 5) is 0. The van der Waals surface area contributed by atoms with Gasteiger partial charge in [0.05, 0.1) is 0 Å². The molecule has 0 aromatic heterocycles. The summed E-state index contributed by atoms with van der Waals surface area (Å²) in [5.74, 6) is 0. The number of allylic oxidation sites excluding steroid dienone is 6. The molecular weight excluding hydrogens is 189 g/mol. The molecule has 0 aliphatic rings. The Labute approximate surface area is 82.8 Å². The van der Waals surface area contributed by atoms with Crippen molar-refractivity contribution >= 4 is 0 Å². The van der Waals surface area contributed by atoms with E-state index in [1.54, 1.807) is 6.08 Å². The van der Waals surface area contributed by atoms with Gasteiger partial charge in [0.1, 0.15) is 0 Å². The molecule has 0 aliphatic heterocycles. The standard InChI is InChI=1S/C11H15F3/c1-4-9(3)7-6-8-10(5-2)11(12,13)14/h4-7H,8H2,1-3H3/b7-6?,9-4?,10-5+. The Balaban J connectivity index is 4.33. The molecule has 3 heteroatoms. The molecule has 0 unspecified atom stereocenters. The Morgan fingerprint density at radius 1 is 1.14 bits per heavy atom. The van der Waals surface area contributed by atoms with Gasteiger partial charge in [-0.2, -0.15) is 13.2 Å². The molecule has 0 aliphatic carbocycles. The Bertz CT molecular complexity index is 254. The maximum Gasteiger partial charge on any atom is 0.412 e. The van der Waals surface area contributed by atoms with Crippen LogP contribution in [0.4, 0.5) is 13.2 Å². The number of rotatable bonds is 3. The quantitative estimate of drug-likeness (QED) is 0.472. The lowest BCUT2D eigenvalue weighted by atomic mass is 10.1. The normalized spacial score (nSPS) is 15.3. The van der Waals surface area contributed by atoms with Crippen LogP contribution in [-0.4, -0.2) is 6.18 Å². The highest BCUT2D eigenvalue weighted by atomic mass is 19.4. The van der Waals surface area contributed by atoms with Crippen molar-refractivity contribution in [2.75, 3.05) is 0 Å². The second kappa shape index (κ2) is 5.68. The van der Waals surface area contributed by atoms with Crippen LogP contribution < -0.4 is 0 Å². The van der Waals surface area contributed by atoms with Crippen LogP contribution >= 0.6 is 0 Å². The lowest BCUT2D eigenvalue weighted by Crippen LogP contribution is -2.10. The molecule has 0 radical (unpaired) electrons. The molecule has 0 saturated heterocycles. The van der Waals surface area contributed by atoms with E-state index in [-0.39, 0.29) is 6.42 Å². The third-order valence-corrected chi connectivity index (χ3v) is 1.89. The summed E-state index contributed by atoms with van der Waals surface area (Å²) >= 11 is 0. The average molecular weight is 204 g/mol. The summed E-state index contributed by atoms with van der Waals surface area (Å²) in [5, 5.41) is 0. The first-order chi connectivity index (χ1) is 6.41. The Morgan fingerprint density at radius 2 is 1.71 bits per heavy atom. The van der Waals surface area contributed by atoms with E-state index in [4.69, 9.17) is 0 Å². The fraction of sp³-hybridized carbons (Fsp3) is 0.455. The van der Waals surface area contributed by atoms with Gasteiger partial charge in [-0.3, -0.25) is 0 Å². The molecule has 0 aromatic rings. The maximum absolute atomic E-state index is 12.2. The van der Waals surface area contributed by atoms with Crippen LogP contribution in [0.2, 0.25) is 0 Å². The number of hydrogen-bond acceptors (Lipinski definition) is 0. The molecule has 0 amide bonds. The van der Waals surface area contributed by atoms with E-state index < -0.39 is 11.7 Å². The van der Waals surface area contributed by atoms with E-state index in [1.807, 2.05) is 19.9 Å². The van der Waals surface area contributed by atoms with Crippen LogP contribution in [0, 0.1) is 0 Å². The van der Waals surface area contributed by atoms with Crippen molar-refractivity contribution in [1.29, 1.82) is 0 Å². The van der Waals surface area contributed by atoms with Gasteiger partial charge in [-0.25, -0.2) is 0 Å². The van der Waals surface area contributed by atoms with E-state index >= 15 is 0 Å². The molecule has 80 valence electrons. The van der Waals surface area contributed by atoms with Crippen LogP contribution in [0.25, 0.3) is 0 Å². The first-order valence-electron chi connectivity index (χ1n) is 4.43. The maximum atomic E-state index is 12.2. The van der Waals surface area contributed by atoms with Crippen molar-refractivity contribution < 1.29 is 13.2 Å². The lowest BCUT2D eigenvalue weighted by molar-refractivity contribution is -0.0930. The Kier molecular flexibility index (Phi) is 5.28. The minimum absolute atomic E-state index is 0.0643. The average Bonchev–Trinajstić information content (AvgIpc) is 2.09. The summed E-state index contributed by atoms with van der Waals surface area (Å²) in [7, 11) is 0. The predicted octanol–water partition coefficient (Wildman–Crippen LogP) is 4.41. The number of alkyl halides is 3. The fourth-order valence-electron chi connectivity index (χ4n) is 0.865. The third kappa shape index (κ3) is 4.90. The molecule has 0 fully saturated rings. The van der Waals surface area contributed by atoms with Crippen molar-refractivity contribution in [2.45, 2.75) is 33.4 Å². The minimum atomic E-state index is -4.21. The van der Waals surface area contributed by atoms with Gasteiger partial charge in [0.25, 0.3) is 0 Å². The van der Waals surface area contributed by atoms with Gasteiger partial charge in [-0.05, 0) is 27.2 Å². The highest BCUT2D eigenvalue weighted by molar-refractivity contribution is 5.19. The van der Waals surface area contributed by atoms with E-state index in [0.717, 1.165) is 11.6 Å². The second-order valence-corrected chi connectivity index (χ2v) is 2.95. The Hall–Kier alpha value is -0.990. The smallest absolute Gasteiger partial charge is 0.166 e. The minimum Gasteiger partial charge on any atom is -0.166 e. The van der Waals surface area contributed by atoms with Crippen molar-refractivity contribution in [2.24, 2.45) is 0 Å². The van der Waals surface area contributed by atoms with Crippen molar-refractivity contribution in [3.63, 3.8) is 0 Å². The fourth-order valence-corrected chi connectivity index (χ4v) is 0.865. The molecule has 0 heterocycles. The number of hydrogen-bond donors (Lipinski definition) is 0. The van der Waals surface area contributed by atoms with Gasteiger partial charge in [0.15, 0.2) is 0 Å². The van der Waals surface area contributed by atoms with E-state index in [0.29, 0.717) is 0 Å². The van der Waals surface area contributed by atoms with E-state index in [1.165, 1.54) is 13.0 Å². The highest BCUT2D eigenvalue weighted by Crippen LogP contribution is 2.28. The van der Waals surface area contributed by atoms with Crippen molar-refractivity contribution in [1.82, 2.24) is 0 Å². The van der Waals surface area contributed by atoms with Crippen LogP contribution in [-0.2, 0) is 0 Å². The molecule has 0 spiro atoms. The van der Waals surface area contributed by atoms with Crippen LogP contribution in [0.1, 0.15) is 27.2 Å². The topological polar surface area (TPSA) is 0 Å². The van der Waals surface area contributed by atoms with Gasteiger partial charge >= 0.3 is 6.18 Å². The molecule has 0 N–H and O–H groups in total. The molecule has 0 bridgehead atoms. The van der Waals surface area contributed by atoms with Gasteiger partial charge in [0.2, 0.25) is 0 Å². The van der Waals surface area contributed by atoms with Crippen LogP contribution in [0.5, 0.6) is 0 Å². The lowest BCUT2D eigenvalue weighted by Gasteiger charge is -2.08. The molecular formula is C11H15F3. The van der Waals surface area contributed by atoms with E-state index in [2.05, 4.69) is 0 Å². The SMILES string of the molecule is CC=C(C)C=CC/C(=C\C)C(F)(F)F. The zero-order valence-corrected chi connectivity index (χ0v) is 8.65.